The lowest BCUT2D eigenvalue weighted by atomic mass is 10.4. The molecule has 0 saturated heterocycles. The fourth-order valence-electron chi connectivity index (χ4n) is 1.44. The molecule has 0 amide bonds. The van der Waals surface area contributed by atoms with Crippen molar-refractivity contribution in [2.45, 2.75) is 13.5 Å². The highest BCUT2D eigenvalue weighted by molar-refractivity contribution is 7.19. The minimum atomic E-state index is 0.627. The van der Waals surface area contributed by atoms with Crippen molar-refractivity contribution in [1.29, 1.82) is 0 Å². The van der Waals surface area contributed by atoms with Gasteiger partial charge in [0, 0.05) is 19.3 Å². The van der Waals surface area contributed by atoms with Gasteiger partial charge in [0.25, 0.3) is 0 Å². The summed E-state index contributed by atoms with van der Waals surface area (Å²) in [5.74, 6) is 0.986. The summed E-state index contributed by atoms with van der Waals surface area (Å²) in [5, 5.41) is 0. The van der Waals surface area contributed by atoms with Gasteiger partial charge in [-0.3, -0.25) is 0 Å². The van der Waals surface area contributed by atoms with E-state index in [1.165, 1.54) is 11.3 Å². The molecule has 2 heterocycles. The number of halogens is 1. The number of hydrogen-bond donors (Lipinski definition) is 1. The maximum Gasteiger partial charge on any atom is 0.106 e. The van der Waals surface area contributed by atoms with E-state index >= 15 is 0 Å². The molecule has 80 valence electrons. The Labute approximate surface area is 97.5 Å². The molecule has 5 heteroatoms. The van der Waals surface area contributed by atoms with Crippen LogP contribution in [0.3, 0.4) is 0 Å². The molecule has 2 N–H and O–H groups in total. The molecule has 0 bridgehead atoms. The van der Waals surface area contributed by atoms with Gasteiger partial charge in [0.15, 0.2) is 0 Å². The van der Waals surface area contributed by atoms with Crippen LogP contribution >= 0.6 is 22.9 Å². The Balaban J connectivity index is 2.33. The van der Waals surface area contributed by atoms with Crippen molar-refractivity contribution in [1.82, 2.24) is 9.55 Å². The van der Waals surface area contributed by atoms with Gasteiger partial charge in [0.1, 0.15) is 5.82 Å². The third kappa shape index (κ3) is 2.22. The molecule has 0 unspecified atom stereocenters. The monoisotopic (exact) mass is 241 g/mol. The van der Waals surface area contributed by atoms with Crippen LogP contribution in [0.4, 0.5) is 0 Å². The quantitative estimate of drug-likeness (QED) is 0.898. The van der Waals surface area contributed by atoms with Crippen molar-refractivity contribution >= 4 is 22.9 Å². The minimum Gasteiger partial charge on any atom is -0.333 e. The van der Waals surface area contributed by atoms with Gasteiger partial charge in [-0.15, -0.1) is 11.3 Å². The Morgan fingerprint density at radius 2 is 2.33 bits per heavy atom. The number of aromatic nitrogens is 2. The Morgan fingerprint density at radius 3 is 2.93 bits per heavy atom. The van der Waals surface area contributed by atoms with Gasteiger partial charge in [-0.05, 0) is 19.1 Å². The first kappa shape index (κ1) is 10.7. The van der Waals surface area contributed by atoms with E-state index in [0.29, 0.717) is 6.54 Å². The standard InChI is InChI=1S/C10H12ClN3S/c1-7-13-8(6-14(7)5-4-12)9-2-3-10(11)15-9/h2-3,6H,4-5,12H2,1H3. The van der Waals surface area contributed by atoms with Gasteiger partial charge in [-0.25, -0.2) is 4.98 Å². The molecular weight excluding hydrogens is 230 g/mol. The molecule has 2 aromatic heterocycles. The van der Waals surface area contributed by atoms with Crippen molar-refractivity contribution in [2.75, 3.05) is 6.54 Å². The predicted molar refractivity (Wildman–Crippen MR) is 64.3 cm³/mol. The second-order valence-electron chi connectivity index (χ2n) is 3.26. The first-order valence-corrected chi connectivity index (χ1v) is 5.89. The molecule has 3 nitrogen and oxygen atoms in total. The topological polar surface area (TPSA) is 43.8 Å². The first-order chi connectivity index (χ1) is 7.20. The van der Waals surface area contributed by atoms with E-state index in [2.05, 4.69) is 9.55 Å². The Bertz CT molecular complexity index is 461. The summed E-state index contributed by atoms with van der Waals surface area (Å²) < 4.78 is 2.85. The molecule has 0 fully saturated rings. The van der Waals surface area contributed by atoms with E-state index in [9.17, 15) is 0 Å². The minimum absolute atomic E-state index is 0.627. The Morgan fingerprint density at radius 1 is 1.53 bits per heavy atom. The van der Waals surface area contributed by atoms with Crippen LogP contribution in [0, 0.1) is 6.92 Å². The molecule has 2 aromatic rings. The second kappa shape index (κ2) is 4.35. The van der Waals surface area contributed by atoms with Crippen LogP contribution in [0.5, 0.6) is 0 Å². The number of nitrogens with zero attached hydrogens (tertiary/aromatic N) is 2. The van der Waals surface area contributed by atoms with Gasteiger partial charge in [-0.1, -0.05) is 11.6 Å². The van der Waals surface area contributed by atoms with E-state index in [1.807, 2.05) is 25.3 Å². The van der Waals surface area contributed by atoms with Gasteiger partial charge in [-0.2, -0.15) is 0 Å². The average Bonchev–Trinajstić information content (AvgIpc) is 2.75. The molecule has 2 rings (SSSR count). The highest BCUT2D eigenvalue weighted by Gasteiger charge is 2.07. The van der Waals surface area contributed by atoms with Crippen molar-refractivity contribution in [3.05, 3.63) is 28.5 Å². The highest BCUT2D eigenvalue weighted by atomic mass is 35.5. The first-order valence-electron chi connectivity index (χ1n) is 4.70. The number of thiophene rings is 1. The van der Waals surface area contributed by atoms with Crippen LogP contribution in [0.1, 0.15) is 5.82 Å². The molecule has 0 aromatic carbocycles. The summed E-state index contributed by atoms with van der Waals surface area (Å²) in [6.07, 6.45) is 2.02. The number of nitrogens with two attached hydrogens (primary N) is 1. The van der Waals surface area contributed by atoms with Gasteiger partial charge in [0.05, 0.1) is 14.9 Å². The number of imidazole rings is 1. The molecule has 0 aliphatic carbocycles. The smallest absolute Gasteiger partial charge is 0.106 e. The van der Waals surface area contributed by atoms with Gasteiger partial charge < -0.3 is 10.3 Å². The lowest BCUT2D eigenvalue weighted by Crippen LogP contribution is -2.09. The second-order valence-corrected chi connectivity index (χ2v) is 4.97. The van der Waals surface area contributed by atoms with Crippen molar-refractivity contribution in [3.8, 4) is 10.6 Å². The third-order valence-electron chi connectivity index (χ3n) is 2.17. The SMILES string of the molecule is Cc1nc(-c2ccc(Cl)s2)cn1CCN. The zero-order chi connectivity index (χ0) is 10.8. The Kier molecular flexibility index (Phi) is 3.09. The molecule has 0 aliphatic rings. The zero-order valence-corrected chi connectivity index (χ0v) is 9.98. The van der Waals surface area contributed by atoms with Gasteiger partial charge >= 0.3 is 0 Å². The largest absolute Gasteiger partial charge is 0.333 e. The number of hydrogen-bond acceptors (Lipinski definition) is 3. The lowest BCUT2D eigenvalue weighted by molar-refractivity contribution is 0.684. The molecule has 15 heavy (non-hydrogen) atoms. The summed E-state index contributed by atoms with van der Waals surface area (Å²) in [7, 11) is 0. The molecule has 0 radical (unpaired) electrons. The van der Waals surface area contributed by atoms with Crippen molar-refractivity contribution in [3.63, 3.8) is 0 Å². The summed E-state index contributed by atoms with van der Waals surface area (Å²) in [5.41, 5.74) is 6.48. The summed E-state index contributed by atoms with van der Waals surface area (Å²) in [6.45, 7) is 3.41. The van der Waals surface area contributed by atoms with E-state index in [4.69, 9.17) is 17.3 Å². The summed E-state index contributed by atoms with van der Waals surface area (Å²) in [4.78, 5) is 5.57. The number of rotatable bonds is 3. The van der Waals surface area contributed by atoms with Crippen LogP contribution in [0.25, 0.3) is 10.6 Å². The third-order valence-corrected chi connectivity index (χ3v) is 3.43. The summed E-state index contributed by atoms with van der Waals surface area (Å²) >= 11 is 7.42. The molecular formula is C10H12ClN3S. The average molecular weight is 242 g/mol. The number of aryl methyl sites for hydroxylation is 1. The van der Waals surface area contributed by atoms with Crippen LogP contribution in [0.2, 0.25) is 4.34 Å². The maximum atomic E-state index is 5.88. The van der Waals surface area contributed by atoms with E-state index in [1.54, 1.807) is 0 Å². The molecule has 0 saturated carbocycles. The van der Waals surface area contributed by atoms with Gasteiger partial charge in [0.2, 0.25) is 0 Å². The van der Waals surface area contributed by atoms with Crippen molar-refractivity contribution in [2.24, 2.45) is 5.73 Å². The highest BCUT2D eigenvalue weighted by Crippen LogP contribution is 2.30. The van der Waals surface area contributed by atoms with E-state index in [-0.39, 0.29) is 0 Å². The van der Waals surface area contributed by atoms with Crippen LogP contribution in [-0.4, -0.2) is 16.1 Å². The predicted octanol–water partition coefficient (Wildman–Crippen LogP) is 2.53. The normalized spacial score (nSPS) is 10.9. The van der Waals surface area contributed by atoms with Crippen LogP contribution in [-0.2, 0) is 6.54 Å². The molecule has 0 aliphatic heterocycles. The van der Waals surface area contributed by atoms with Crippen LogP contribution in [0.15, 0.2) is 18.3 Å². The lowest BCUT2D eigenvalue weighted by Gasteiger charge is -1.99. The zero-order valence-electron chi connectivity index (χ0n) is 8.40. The maximum absolute atomic E-state index is 5.88. The van der Waals surface area contributed by atoms with Crippen molar-refractivity contribution < 1.29 is 0 Å². The molecule has 0 atom stereocenters. The molecule has 0 spiro atoms. The van der Waals surface area contributed by atoms with E-state index < -0.39 is 0 Å². The van der Waals surface area contributed by atoms with Crippen LogP contribution < -0.4 is 5.73 Å². The fourth-order valence-corrected chi connectivity index (χ4v) is 2.44. The fraction of sp³-hybridized carbons (Fsp3) is 0.300. The van der Waals surface area contributed by atoms with E-state index in [0.717, 1.165) is 27.3 Å². The Hall–Kier alpha value is -0.840. The summed E-state index contributed by atoms with van der Waals surface area (Å²) in [6, 6.07) is 3.88.